The first-order valence-electron chi connectivity index (χ1n) is 5.88. The Bertz CT molecular complexity index is 562. The van der Waals surface area contributed by atoms with Crippen molar-refractivity contribution in [1.82, 2.24) is 15.2 Å². The molecule has 0 aliphatic rings. The van der Waals surface area contributed by atoms with Crippen molar-refractivity contribution in [3.05, 3.63) is 41.5 Å². The third-order valence-electron chi connectivity index (χ3n) is 2.75. The number of aromatic nitrogens is 3. The van der Waals surface area contributed by atoms with Crippen LogP contribution in [0, 0.1) is 6.92 Å². The van der Waals surface area contributed by atoms with E-state index < -0.39 is 0 Å². The summed E-state index contributed by atoms with van der Waals surface area (Å²) in [7, 11) is 1.72. The van der Waals surface area contributed by atoms with E-state index in [0.29, 0.717) is 0 Å². The number of rotatable bonds is 3. The minimum Gasteiger partial charge on any atom is -0.309 e. The molecule has 0 spiro atoms. The highest BCUT2D eigenvalue weighted by Gasteiger charge is 2.18. The maximum atomic E-state index is 12.2. The second-order valence-corrected chi connectivity index (χ2v) is 4.16. The topological polar surface area (TPSA) is 61.9 Å². The van der Waals surface area contributed by atoms with Crippen LogP contribution in [0.15, 0.2) is 24.3 Å². The number of carbonyl (C=O) groups is 1. The highest BCUT2D eigenvalue weighted by molar-refractivity contribution is 6.03. The molecule has 0 unspecified atom stereocenters. The molecule has 2 aromatic rings. The number of hydrogen-bond donors (Lipinski definition) is 1. The summed E-state index contributed by atoms with van der Waals surface area (Å²) in [5.74, 6) is 0.711. The van der Waals surface area contributed by atoms with Crippen LogP contribution < -0.4 is 4.90 Å². The quantitative estimate of drug-likeness (QED) is 0.897. The molecule has 0 saturated heterocycles. The van der Waals surface area contributed by atoms with Gasteiger partial charge >= 0.3 is 0 Å². The minimum atomic E-state index is -0.212. The number of nitrogens with one attached hydrogen (secondary N) is 1. The van der Waals surface area contributed by atoms with Gasteiger partial charge in [0.25, 0.3) is 5.91 Å². The van der Waals surface area contributed by atoms with Crippen LogP contribution in [0.4, 0.5) is 5.69 Å². The van der Waals surface area contributed by atoms with Crippen molar-refractivity contribution >= 4 is 11.6 Å². The summed E-state index contributed by atoms with van der Waals surface area (Å²) in [6, 6.07) is 7.75. The smallest absolute Gasteiger partial charge is 0.297 e. The number of nitrogens with zero attached hydrogens (tertiary/aromatic N) is 3. The van der Waals surface area contributed by atoms with Gasteiger partial charge in [-0.3, -0.25) is 9.89 Å². The number of H-pyrrole nitrogens is 1. The van der Waals surface area contributed by atoms with Gasteiger partial charge in [0.15, 0.2) is 0 Å². The molecule has 0 aliphatic carbocycles. The Hall–Kier alpha value is -2.17. The number of benzene rings is 1. The lowest BCUT2D eigenvalue weighted by atomic mass is 10.2. The summed E-state index contributed by atoms with van der Waals surface area (Å²) in [5.41, 5.74) is 1.94. The average molecular weight is 244 g/mol. The number of amides is 1. The molecule has 0 fully saturated rings. The fourth-order valence-corrected chi connectivity index (χ4v) is 1.65. The van der Waals surface area contributed by atoms with Crippen molar-refractivity contribution < 1.29 is 4.79 Å². The molecule has 5 nitrogen and oxygen atoms in total. The van der Waals surface area contributed by atoms with E-state index in [1.54, 1.807) is 11.9 Å². The van der Waals surface area contributed by atoms with Crippen molar-refractivity contribution in [2.24, 2.45) is 0 Å². The third-order valence-corrected chi connectivity index (χ3v) is 2.75. The standard InChI is InChI=1S/C13H16N4O/c1-4-11-14-12(16-15-11)13(18)17(3)10-7-5-6-9(2)8-10/h5-8H,4H2,1-3H3,(H,14,15,16). The van der Waals surface area contributed by atoms with Crippen LogP contribution in [-0.2, 0) is 6.42 Å². The normalized spacial score (nSPS) is 10.4. The van der Waals surface area contributed by atoms with E-state index >= 15 is 0 Å². The van der Waals surface area contributed by atoms with E-state index in [-0.39, 0.29) is 11.7 Å². The molecule has 0 bridgehead atoms. The second kappa shape index (κ2) is 5.00. The van der Waals surface area contributed by atoms with E-state index in [4.69, 9.17) is 0 Å². The van der Waals surface area contributed by atoms with Crippen LogP contribution in [0.25, 0.3) is 0 Å². The van der Waals surface area contributed by atoms with E-state index in [1.165, 1.54) is 0 Å². The first-order chi connectivity index (χ1) is 8.61. The van der Waals surface area contributed by atoms with Gasteiger partial charge in [-0.1, -0.05) is 19.1 Å². The summed E-state index contributed by atoms with van der Waals surface area (Å²) < 4.78 is 0. The van der Waals surface area contributed by atoms with Crippen LogP contribution >= 0.6 is 0 Å². The molecule has 1 heterocycles. The minimum absolute atomic E-state index is 0.204. The number of aromatic amines is 1. The van der Waals surface area contributed by atoms with E-state index in [2.05, 4.69) is 15.2 Å². The predicted octanol–water partition coefficient (Wildman–Crippen LogP) is 1.95. The van der Waals surface area contributed by atoms with Crippen LogP contribution in [0.5, 0.6) is 0 Å². The Labute approximate surface area is 106 Å². The van der Waals surface area contributed by atoms with Gasteiger partial charge in [0.2, 0.25) is 5.82 Å². The average Bonchev–Trinajstić information content (AvgIpc) is 2.85. The molecule has 1 aromatic carbocycles. The first-order valence-corrected chi connectivity index (χ1v) is 5.88. The summed E-state index contributed by atoms with van der Waals surface area (Å²) in [6.07, 6.45) is 0.731. The molecular formula is C13H16N4O. The molecule has 1 aromatic heterocycles. The summed E-state index contributed by atoms with van der Waals surface area (Å²) in [6.45, 7) is 3.95. The van der Waals surface area contributed by atoms with Crippen LogP contribution in [0.2, 0.25) is 0 Å². The largest absolute Gasteiger partial charge is 0.309 e. The Balaban J connectivity index is 2.23. The molecule has 5 heteroatoms. The zero-order valence-corrected chi connectivity index (χ0v) is 10.8. The Kier molecular flexibility index (Phi) is 3.41. The van der Waals surface area contributed by atoms with Gasteiger partial charge in [0.1, 0.15) is 5.82 Å². The highest BCUT2D eigenvalue weighted by atomic mass is 16.2. The predicted molar refractivity (Wildman–Crippen MR) is 69.7 cm³/mol. The molecule has 0 saturated carbocycles. The fraction of sp³-hybridized carbons (Fsp3) is 0.308. The van der Waals surface area contributed by atoms with Gasteiger partial charge in [0.05, 0.1) is 0 Å². The number of anilines is 1. The summed E-state index contributed by atoms with van der Waals surface area (Å²) in [4.78, 5) is 17.9. The van der Waals surface area contributed by atoms with Gasteiger partial charge in [-0.2, -0.15) is 0 Å². The summed E-state index contributed by atoms with van der Waals surface area (Å²) in [5, 5.41) is 6.67. The maximum Gasteiger partial charge on any atom is 0.297 e. The maximum absolute atomic E-state index is 12.2. The van der Waals surface area contributed by atoms with Crippen LogP contribution in [0.3, 0.4) is 0 Å². The Morgan fingerprint density at radius 2 is 2.22 bits per heavy atom. The molecule has 18 heavy (non-hydrogen) atoms. The fourth-order valence-electron chi connectivity index (χ4n) is 1.65. The van der Waals surface area contributed by atoms with Crippen molar-refractivity contribution in [2.45, 2.75) is 20.3 Å². The zero-order valence-electron chi connectivity index (χ0n) is 10.8. The lowest BCUT2D eigenvalue weighted by Crippen LogP contribution is -2.27. The van der Waals surface area contributed by atoms with E-state index in [1.807, 2.05) is 38.1 Å². The van der Waals surface area contributed by atoms with Gasteiger partial charge in [-0.15, -0.1) is 5.10 Å². The molecular weight excluding hydrogens is 228 g/mol. The second-order valence-electron chi connectivity index (χ2n) is 4.16. The monoisotopic (exact) mass is 244 g/mol. The molecule has 0 aliphatic heterocycles. The molecule has 1 N–H and O–H groups in total. The molecule has 0 radical (unpaired) electrons. The molecule has 0 atom stereocenters. The zero-order chi connectivity index (χ0) is 13.1. The van der Waals surface area contributed by atoms with Crippen molar-refractivity contribution in [1.29, 1.82) is 0 Å². The van der Waals surface area contributed by atoms with Gasteiger partial charge in [-0.05, 0) is 24.6 Å². The Morgan fingerprint density at radius 1 is 1.44 bits per heavy atom. The lowest BCUT2D eigenvalue weighted by molar-refractivity contribution is 0.0983. The van der Waals surface area contributed by atoms with Gasteiger partial charge in [-0.25, -0.2) is 4.98 Å². The number of carbonyl (C=O) groups excluding carboxylic acids is 1. The first kappa shape index (κ1) is 12.3. The number of aryl methyl sites for hydroxylation is 2. The third kappa shape index (κ3) is 2.40. The lowest BCUT2D eigenvalue weighted by Gasteiger charge is -2.15. The molecule has 94 valence electrons. The van der Waals surface area contributed by atoms with Crippen LogP contribution in [0.1, 0.15) is 28.9 Å². The van der Waals surface area contributed by atoms with Crippen molar-refractivity contribution in [3.63, 3.8) is 0 Å². The van der Waals surface area contributed by atoms with Crippen LogP contribution in [-0.4, -0.2) is 28.1 Å². The Morgan fingerprint density at radius 3 is 2.83 bits per heavy atom. The SMILES string of the molecule is CCc1nc(C(=O)N(C)c2cccc(C)c2)n[nH]1. The molecule has 2 rings (SSSR count). The van der Waals surface area contributed by atoms with Crippen molar-refractivity contribution in [3.8, 4) is 0 Å². The van der Waals surface area contributed by atoms with Gasteiger partial charge < -0.3 is 4.90 Å². The van der Waals surface area contributed by atoms with E-state index in [0.717, 1.165) is 23.5 Å². The van der Waals surface area contributed by atoms with Crippen molar-refractivity contribution in [2.75, 3.05) is 11.9 Å². The highest BCUT2D eigenvalue weighted by Crippen LogP contribution is 2.15. The molecule has 1 amide bonds. The number of hydrogen-bond acceptors (Lipinski definition) is 3. The van der Waals surface area contributed by atoms with E-state index in [9.17, 15) is 4.79 Å². The summed E-state index contributed by atoms with van der Waals surface area (Å²) >= 11 is 0. The van der Waals surface area contributed by atoms with Gasteiger partial charge in [0, 0.05) is 19.2 Å².